The first-order valence-corrected chi connectivity index (χ1v) is 17.0. The Morgan fingerprint density at radius 3 is 2.02 bits per heavy atom. The molecule has 230 valence electrons. The molecule has 2 amide bonds. The van der Waals surface area contributed by atoms with Crippen LogP contribution in [-0.2, 0) is 32.6 Å². The number of benzene rings is 4. The molecule has 0 heterocycles. The third kappa shape index (κ3) is 8.85. The van der Waals surface area contributed by atoms with Crippen molar-refractivity contribution in [1.82, 2.24) is 10.2 Å². The summed E-state index contributed by atoms with van der Waals surface area (Å²) in [6.45, 7) is 1.84. The summed E-state index contributed by atoms with van der Waals surface area (Å²) >= 11 is 16.0. The molecule has 1 atom stereocenters. The molecule has 0 aliphatic heterocycles. The Bertz CT molecular complexity index is 1650. The highest BCUT2D eigenvalue weighted by Crippen LogP contribution is 2.30. The van der Waals surface area contributed by atoms with E-state index in [1.165, 1.54) is 35.2 Å². The second-order valence-electron chi connectivity index (χ2n) is 10.1. The standard InChI is InChI=1S/C33H32BrCl2N3O4S/c1-2-17-37-33(41)31(18-24-9-5-3-6-10-24)38(22-25-13-15-26(34)16-14-25)32(40)23-39(29-20-27(35)19-28(36)21-29)44(42,43)30-11-7-4-8-12-30/h3-16,19-21,31H,2,17-18,22-23H2,1H3,(H,37,41)/t31-/m0/s1. The summed E-state index contributed by atoms with van der Waals surface area (Å²) in [6.07, 6.45) is 0.941. The van der Waals surface area contributed by atoms with Crippen LogP contribution in [0, 0.1) is 0 Å². The summed E-state index contributed by atoms with van der Waals surface area (Å²) in [6, 6.07) is 28.0. The summed E-state index contributed by atoms with van der Waals surface area (Å²) in [7, 11) is -4.25. The normalized spacial score (nSPS) is 11.9. The Labute approximate surface area is 277 Å². The minimum absolute atomic E-state index is 0.00937. The van der Waals surface area contributed by atoms with Gasteiger partial charge in [-0.3, -0.25) is 13.9 Å². The van der Waals surface area contributed by atoms with Gasteiger partial charge in [0.1, 0.15) is 12.6 Å². The van der Waals surface area contributed by atoms with Crippen LogP contribution in [0.4, 0.5) is 5.69 Å². The Morgan fingerprint density at radius 1 is 0.841 bits per heavy atom. The number of amides is 2. The Hall–Kier alpha value is -3.37. The summed E-state index contributed by atoms with van der Waals surface area (Å²) in [4.78, 5) is 29.5. The fraction of sp³-hybridized carbons (Fsp3) is 0.212. The minimum Gasteiger partial charge on any atom is -0.354 e. The molecule has 4 aromatic carbocycles. The van der Waals surface area contributed by atoms with Gasteiger partial charge in [-0.25, -0.2) is 8.42 Å². The fourth-order valence-corrected chi connectivity index (χ4v) is 6.84. The topological polar surface area (TPSA) is 86.8 Å². The maximum absolute atomic E-state index is 14.4. The van der Waals surface area contributed by atoms with Crippen LogP contribution in [0.2, 0.25) is 10.0 Å². The number of halogens is 3. The van der Waals surface area contributed by atoms with Crippen molar-refractivity contribution in [3.63, 3.8) is 0 Å². The number of carbonyl (C=O) groups is 2. The second kappa shape index (κ2) is 15.6. The molecule has 7 nitrogen and oxygen atoms in total. The zero-order chi connectivity index (χ0) is 31.7. The highest BCUT2D eigenvalue weighted by atomic mass is 79.9. The van der Waals surface area contributed by atoms with Crippen LogP contribution >= 0.6 is 39.1 Å². The number of rotatable bonds is 13. The molecule has 4 rings (SSSR count). The van der Waals surface area contributed by atoms with Crippen molar-refractivity contribution in [1.29, 1.82) is 0 Å². The predicted molar refractivity (Wildman–Crippen MR) is 179 cm³/mol. The van der Waals surface area contributed by atoms with Gasteiger partial charge in [0.15, 0.2) is 0 Å². The lowest BCUT2D eigenvalue weighted by Gasteiger charge is -2.34. The molecule has 0 aliphatic carbocycles. The van der Waals surface area contributed by atoms with E-state index in [1.54, 1.807) is 18.2 Å². The molecular weight excluding hydrogens is 685 g/mol. The third-order valence-electron chi connectivity index (χ3n) is 6.83. The fourth-order valence-electron chi connectivity index (χ4n) is 4.64. The second-order valence-corrected chi connectivity index (χ2v) is 13.7. The number of nitrogens with zero attached hydrogens (tertiary/aromatic N) is 2. The van der Waals surface area contributed by atoms with Crippen LogP contribution in [0.1, 0.15) is 24.5 Å². The molecule has 0 aromatic heterocycles. The van der Waals surface area contributed by atoms with Gasteiger partial charge < -0.3 is 10.2 Å². The van der Waals surface area contributed by atoms with Gasteiger partial charge in [0.2, 0.25) is 11.8 Å². The van der Waals surface area contributed by atoms with Crippen LogP contribution in [0.3, 0.4) is 0 Å². The summed E-state index contributed by atoms with van der Waals surface area (Å²) in [5, 5.41) is 3.35. The van der Waals surface area contributed by atoms with E-state index in [-0.39, 0.29) is 39.5 Å². The molecule has 1 N–H and O–H groups in total. The van der Waals surface area contributed by atoms with Crippen molar-refractivity contribution in [2.75, 3.05) is 17.4 Å². The van der Waals surface area contributed by atoms with E-state index in [2.05, 4.69) is 21.2 Å². The molecule has 0 fully saturated rings. The van der Waals surface area contributed by atoms with Crippen molar-refractivity contribution >= 4 is 66.7 Å². The number of nitrogens with one attached hydrogen (secondary N) is 1. The average molecular weight is 718 g/mol. The zero-order valence-electron chi connectivity index (χ0n) is 24.0. The van der Waals surface area contributed by atoms with Crippen LogP contribution in [0.15, 0.2) is 112 Å². The quantitative estimate of drug-likeness (QED) is 0.160. The van der Waals surface area contributed by atoms with E-state index in [4.69, 9.17) is 23.2 Å². The molecule has 11 heteroatoms. The van der Waals surface area contributed by atoms with Gasteiger partial charge in [-0.15, -0.1) is 0 Å². The van der Waals surface area contributed by atoms with E-state index < -0.39 is 28.5 Å². The maximum atomic E-state index is 14.4. The smallest absolute Gasteiger partial charge is 0.264 e. The van der Waals surface area contributed by atoms with Crippen molar-refractivity contribution in [3.05, 3.63) is 129 Å². The van der Waals surface area contributed by atoms with Crippen LogP contribution in [0.25, 0.3) is 0 Å². The molecule has 44 heavy (non-hydrogen) atoms. The van der Waals surface area contributed by atoms with E-state index in [0.29, 0.717) is 13.0 Å². The predicted octanol–water partition coefficient (Wildman–Crippen LogP) is 7.12. The summed E-state index contributed by atoms with van der Waals surface area (Å²) in [5.41, 5.74) is 1.75. The van der Waals surface area contributed by atoms with Gasteiger partial charge in [0, 0.05) is 34.0 Å². The molecule has 0 saturated carbocycles. The Balaban J connectivity index is 1.81. The number of hydrogen-bond donors (Lipinski definition) is 1. The molecule has 0 radical (unpaired) electrons. The van der Waals surface area contributed by atoms with Crippen LogP contribution < -0.4 is 9.62 Å². The summed E-state index contributed by atoms with van der Waals surface area (Å²) < 4.78 is 29.9. The Kier molecular flexibility index (Phi) is 11.9. The first-order chi connectivity index (χ1) is 21.1. The lowest BCUT2D eigenvalue weighted by atomic mass is 10.0. The lowest BCUT2D eigenvalue weighted by Crippen LogP contribution is -2.53. The van der Waals surface area contributed by atoms with Crippen molar-refractivity contribution in [2.45, 2.75) is 37.2 Å². The number of sulfonamides is 1. The molecule has 0 bridgehead atoms. The zero-order valence-corrected chi connectivity index (χ0v) is 27.9. The molecule has 0 aliphatic rings. The number of hydrogen-bond acceptors (Lipinski definition) is 4. The highest BCUT2D eigenvalue weighted by molar-refractivity contribution is 9.10. The molecular formula is C33H32BrCl2N3O4S. The van der Waals surface area contributed by atoms with Gasteiger partial charge in [-0.1, -0.05) is 107 Å². The van der Waals surface area contributed by atoms with Gasteiger partial charge >= 0.3 is 0 Å². The van der Waals surface area contributed by atoms with Crippen LogP contribution in [0.5, 0.6) is 0 Å². The maximum Gasteiger partial charge on any atom is 0.264 e. The SMILES string of the molecule is CCCNC(=O)[C@H](Cc1ccccc1)N(Cc1ccc(Br)cc1)C(=O)CN(c1cc(Cl)cc(Cl)c1)S(=O)(=O)c1ccccc1. The van der Waals surface area contributed by atoms with Gasteiger partial charge in [0.05, 0.1) is 10.6 Å². The van der Waals surface area contributed by atoms with Gasteiger partial charge in [-0.05, 0) is 60.0 Å². The van der Waals surface area contributed by atoms with Crippen molar-refractivity contribution in [3.8, 4) is 0 Å². The van der Waals surface area contributed by atoms with Crippen molar-refractivity contribution in [2.24, 2.45) is 0 Å². The largest absolute Gasteiger partial charge is 0.354 e. The summed E-state index contributed by atoms with van der Waals surface area (Å²) in [5.74, 6) is -0.902. The first kappa shape index (κ1) is 33.5. The number of carbonyl (C=O) groups excluding carboxylic acids is 2. The number of anilines is 1. The van der Waals surface area contributed by atoms with E-state index in [1.807, 2.05) is 61.5 Å². The minimum atomic E-state index is -4.25. The monoisotopic (exact) mass is 715 g/mol. The van der Waals surface area contributed by atoms with Gasteiger partial charge in [-0.2, -0.15) is 0 Å². The van der Waals surface area contributed by atoms with E-state index >= 15 is 0 Å². The molecule has 0 spiro atoms. The first-order valence-electron chi connectivity index (χ1n) is 14.0. The Morgan fingerprint density at radius 2 is 1.43 bits per heavy atom. The van der Waals surface area contributed by atoms with E-state index in [0.717, 1.165) is 19.9 Å². The van der Waals surface area contributed by atoms with Gasteiger partial charge in [0.25, 0.3) is 10.0 Å². The third-order valence-corrected chi connectivity index (χ3v) is 9.59. The average Bonchev–Trinajstić information content (AvgIpc) is 3.01. The van der Waals surface area contributed by atoms with E-state index in [9.17, 15) is 18.0 Å². The molecule has 4 aromatic rings. The lowest BCUT2D eigenvalue weighted by molar-refractivity contribution is -0.140. The molecule has 0 saturated heterocycles. The highest BCUT2D eigenvalue weighted by Gasteiger charge is 2.34. The van der Waals surface area contributed by atoms with Crippen LogP contribution in [-0.4, -0.2) is 44.3 Å². The van der Waals surface area contributed by atoms with Crippen molar-refractivity contribution < 1.29 is 18.0 Å². The molecule has 0 unspecified atom stereocenters.